The third-order valence-corrected chi connectivity index (χ3v) is 6.77. The molecule has 0 atom stereocenters. The highest BCUT2D eigenvalue weighted by Gasteiger charge is 2.32. The first-order valence-corrected chi connectivity index (χ1v) is 11.7. The lowest BCUT2D eigenvalue weighted by Gasteiger charge is -2.16. The number of carbonyl (C=O) groups excluding carboxylic acids is 1. The third kappa shape index (κ3) is 5.38. The number of ether oxygens (including phenoxy) is 2. The van der Waals surface area contributed by atoms with E-state index in [0.29, 0.717) is 44.8 Å². The molecule has 0 N–H and O–H groups in total. The van der Waals surface area contributed by atoms with Crippen LogP contribution in [-0.4, -0.2) is 28.8 Å². The highest BCUT2D eigenvalue weighted by atomic mass is 79.9. The monoisotopic (exact) mass is 525 g/mol. The number of methoxy groups -OCH3 is 1. The van der Waals surface area contributed by atoms with Crippen molar-refractivity contribution in [2.45, 2.75) is 20.5 Å². The summed E-state index contributed by atoms with van der Waals surface area (Å²) in [6.45, 7) is 5.05. The zero-order chi connectivity index (χ0) is 21.8. The molecule has 0 unspecified atom stereocenters. The van der Waals surface area contributed by atoms with Crippen molar-refractivity contribution in [3.05, 3.63) is 61.9 Å². The standard InChI is InChI=1S/C22H21BrClNO3S2/c1-13(2)11-25-21(26)20(30-22(25)29)9-15-8-18(27-3)19(10-16(15)23)28-12-14-6-4-5-7-17(14)24/h4-10,13H,11-12H2,1-3H3. The molecule has 1 amide bonds. The molecule has 0 bridgehead atoms. The van der Waals surface area contributed by atoms with Crippen LogP contribution >= 0.6 is 51.5 Å². The zero-order valence-corrected chi connectivity index (χ0v) is 20.8. The minimum Gasteiger partial charge on any atom is -0.493 e. The summed E-state index contributed by atoms with van der Waals surface area (Å²) >= 11 is 16.5. The molecule has 158 valence electrons. The van der Waals surface area contributed by atoms with Crippen molar-refractivity contribution < 1.29 is 14.3 Å². The minimum atomic E-state index is -0.0661. The van der Waals surface area contributed by atoms with Gasteiger partial charge in [0.05, 0.1) is 12.0 Å². The van der Waals surface area contributed by atoms with Gasteiger partial charge in [-0.15, -0.1) is 0 Å². The van der Waals surface area contributed by atoms with Crippen LogP contribution in [-0.2, 0) is 11.4 Å². The number of amides is 1. The van der Waals surface area contributed by atoms with Gasteiger partial charge in [0.25, 0.3) is 5.91 Å². The Morgan fingerprint density at radius 2 is 2.00 bits per heavy atom. The molecule has 4 nitrogen and oxygen atoms in total. The molecule has 1 fully saturated rings. The van der Waals surface area contributed by atoms with Crippen LogP contribution in [0.25, 0.3) is 6.08 Å². The van der Waals surface area contributed by atoms with Gasteiger partial charge in [-0.1, -0.05) is 83.6 Å². The molecule has 0 aromatic heterocycles. The molecule has 1 heterocycles. The number of nitrogens with zero attached hydrogens (tertiary/aromatic N) is 1. The maximum absolute atomic E-state index is 12.7. The van der Waals surface area contributed by atoms with E-state index in [1.165, 1.54) is 11.8 Å². The van der Waals surface area contributed by atoms with Gasteiger partial charge in [-0.3, -0.25) is 9.69 Å². The largest absolute Gasteiger partial charge is 0.493 e. The smallest absolute Gasteiger partial charge is 0.266 e. The fourth-order valence-electron chi connectivity index (χ4n) is 2.87. The topological polar surface area (TPSA) is 38.8 Å². The second kappa shape index (κ2) is 10.2. The van der Waals surface area contributed by atoms with Crippen LogP contribution in [0.4, 0.5) is 0 Å². The van der Waals surface area contributed by atoms with E-state index in [4.69, 9.17) is 33.3 Å². The lowest BCUT2D eigenvalue weighted by molar-refractivity contribution is -0.122. The molecule has 0 spiro atoms. The number of thioether (sulfide) groups is 1. The van der Waals surface area contributed by atoms with E-state index in [9.17, 15) is 4.79 Å². The lowest BCUT2D eigenvalue weighted by atomic mass is 10.1. The number of rotatable bonds is 7. The predicted molar refractivity (Wildman–Crippen MR) is 131 cm³/mol. The molecule has 2 aromatic carbocycles. The second-order valence-electron chi connectivity index (χ2n) is 7.09. The van der Waals surface area contributed by atoms with Crippen LogP contribution in [0.3, 0.4) is 0 Å². The Balaban J connectivity index is 1.84. The molecular formula is C22H21BrClNO3S2. The Kier molecular flexibility index (Phi) is 7.85. The fraction of sp³-hybridized carbons (Fsp3) is 0.273. The van der Waals surface area contributed by atoms with Crippen LogP contribution in [0, 0.1) is 5.92 Å². The molecule has 8 heteroatoms. The summed E-state index contributed by atoms with van der Waals surface area (Å²) in [5.41, 5.74) is 1.69. The predicted octanol–water partition coefficient (Wildman–Crippen LogP) is 6.55. The van der Waals surface area contributed by atoms with Gasteiger partial charge in [-0.05, 0) is 35.8 Å². The first-order valence-electron chi connectivity index (χ1n) is 9.29. The minimum absolute atomic E-state index is 0.0661. The van der Waals surface area contributed by atoms with Crippen LogP contribution in [0.1, 0.15) is 25.0 Å². The fourth-order valence-corrected chi connectivity index (χ4v) is 4.76. The highest BCUT2D eigenvalue weighted by Crippen LogP contribution is 2.38. The van der Waals surface area contributed by atoms with E-state index in [1.54, 1.807) is 12.0 Å². The van der Waals surface area contributed by atoms with Crippen molar-refractivity contribution in [3.63, 3.8) is 0 Å². The Morgan fingerprint density at radius 3 is 2.67 bits per heavy atom. The molecule has 0 saturated carbocycles. The van der Waals surface area contributed by atoms with Gasteiger partial charge in [0.15, 0.2) is 11.5 Å². The second-order valence-corrected chi connectivity index (χ2v) is 10.0. The quantitative estimate of drug-likeness (QED) is 0.302. The molecule has 30 heavy (non-hydrogen) atoms. The summed E-state index contributed by atoms with van der Waals surface area (Å²) in [6, 6.07) is 11.2. The number of carbonyl (C=O) groups is 1. The van der Waals surface area contributed by atoms with Crippen LogP contribution < -0.4 is 9.47 Å². The number of hydrogen-bond donors (Lipinski definition) is 0. The number of halogens is 2. The van der Waals surface area contributed by atoms with Crippen molar-refractivity contribution in [2.75, 3.05) is 13.7 Å². The maximum Gasteiger partial charge on any atom is 0.266 e. The maximum atomic E-state index is 12.7. The molecule has 1 aliphatic heterocycles. The molecule has 1 aliphatic rings. The van der Waals surface area contributed by atoms with E-state index in [1.807, 2.05) is 42.5 Å². The molecule has 0 radical (unpaired) electrons. The first kappa shape index (κ1) is 23.1. The van der Waals surface area contributed by atoms with Crippen molar-refractivity contribution in [1.82, 2.24) is 4.90 Å². The van der Waals surface area contributed by atoms with Crippen molar-refractivity contribution in [1.29, 1.82) is 0 Å². The van der Waals surface area contributed by atoms with Gasteiger partial charge >= 0.3 is 0 Å². The number of benzene rings is 2. The average Bonchev–Trinajstić information content (AvgIpc) is 2.96. The van der Waals surface area contributed by atoms with Gasteiger partial charge in [0.1, 0.15) is 10.9 Å². The van der Waals surface area contributed by atoms with Gasteiger partial charge in [0.2, 0.25) is 0 Å². The average molecular weight is 527 g/mol. The van der Waals surface area contributed by atoms with Crippen LogP contribution in [0.5, 0.6) is 11.5 Å². The Hall–Kier alpha value is -1.54. The normalized spacial score (nSPS) is 15.4. The van der Waals surface area contributed by atoms with E-state index in [0.717, 1.165) is 15.6 Å². The van der Waals surface area contributed by atoms with Crippen molar-refractivity contribution in [3.8, 4) is 11.5 Å². The highest BCUT2D eigenvalue weighted by molar-refractivity contribution is 9.10. The van der Waals surface area contributed by atoms with Crippen LogP contribution in [0.15, 0.2) is 45.8 Å². The van der Waals surface area contributed by atoms with Gasteiger partial charge < -0.3 is 9.47 Å². The summed E-state index contributed by atoms with van der Waals surface area (Å²) in [5.74, 6) is 1.42. The lowest BCUT2D eigenvalue weighted by Crippen LogP contribution is -2.31. The Bertz CT molecular complexity index is 1010. The Labute approximate surface area is 199 Å². The SMILES string of the molecule is COc1cc(C=C2SC(=S)N(CC(C)C)C2=O)c(Br)cc1OCc1ccccc1Cl. The Morgan fingerprint density at radius 1 is 1.27 bits per heavy atom. The van der Waals surface area contributed by atoms with Gasteiger partial charge in [-0.2, -0.15) is 0 Å². The zero-order valence-electron chi connectivity index (χ0n) is 16.8. The van der Waals surface area contributed by atoms with Crippen molar-refractivity contribution >= 4 is 67.8 Å². The summed E-state index contributed by atoms with van der Waals surface area (Å²) in [7, 11) is 1.58. The number of hydrogen-bond acceptors (Lipinski definition) is 5. The van der Waals surface area contributed by atoms with E-state index >= 15 is 0 Å². The summed E-state index contributed by atoms with van der Waals surface area (Å²) < 4.78 is 12.8. The van der Waals surface area contributed by atoms with E-state index in [-0.39, 0.29) is 5.91 Å². The molecule has 3 rings (SSSR count). The first-order chi connectivity index (χ1) is 14.3. The van der Waals surface area contributed by atoms with E-state index < -0.39 is 0 Å². The molecule has 2 aromatic rings. The summed E-state index contributed by atoms with van der Waals surface area (Å²) in [6.07, 6.45) is 1.82. The van der Waals surface area contributed by atoms with Gasteiger partial charge in [-0.25, -0.2) is 0 Å². The summed E-state index contributed by atoms with van der Waals surface area (Å²) in [4.78, 5) is 15.0. The number of thiocarbonyl (C=S) groups is 1. The third-order valence-electron chi connectivity index (χ3n) is 4.33. The van der Waals surface area contributed by atoms with Gasteiger partial charge in [0, 0.05) is 21.6 Å². The van der Waals surface area contributed by atoms with Crippen LogP contribution in [0.2, 0.25) is 5.02 Å². The molecular weight excluding hydrogens is 506 g/mol. The molecule has 0 aliphatic carbocycles. The molecule has 1 saturated heterocycles. The van der Waals surface area contributed by atoms with E-state index in [2.05, 4.69) is 29.8 Å². The summed E-state index contributed by atoms with van der Waals surface area (Å²) in [5, 5.41) is 0.649. The van der Waals surface area contributed by atoms with Crippen molar-refractivity contribution in [2.24, 2.45) is 5.92 Å².